The van der Waals surface area contributed by atoms with Gasteiger partial charge in [0, 0.05) is 12.8 Å². The van der Waals surface area contributed by atoms with E-state index in [0.717, 1.165) is 0 Å². The molecular formula is C9H15NO5. The third kappa shape index (κ3) is 6.62. The number of carboxylic acids is 1. The Labute approximate surface area is 87.4 Å². The van der Waals surface area contributed by atoms with Crippen LogP contribution in [0, 0.1) is 0 Å². The molecule has 0 saturated carbocycles. The smallest absolute Gasteiger partial charge is 0.320 e. The third-order valence-electron chi connectivity index (χ3n) is 1.66. The fraction of sp³-hybridized carbons (Fsp3) is 0.667. The summed E-state index contributed by atoms with van der Waals surface area (Å²) in [5, 5.41) is 8.42. The molecule has 0 aromatic heterocycles. The van der Waals surface area contributed by atoms with E-state index in [1.54, 1.807) is 6.92 Å². The maximum Gasteiger partial charge on any atom is 0.320 e. The van der Waals surface area contributed by atoms with Gasteiger partial charge in [-0.1, -0.05) is 6.92 Å². The van der Waals surface area contributed by atoms with Gasteiger partial charge in [-0.05, 0) is 12.8 Å². The van der Waals surface area contributed by atoms with Crippen LogP contribution in [-0.2, 0) is 19.1 Å². The quantitative estimate of drug-likeness (QED) is 0.481. The zero-order valence-corrected chi connectivity index (χ0v) is 8.56. The van der Waals surface area contributed by atoms with E-state index in [-0.39, 0.29) is 19.3 Å². The number of aliphatic carboxylic acids is 1. The number of carbonyl (C=O) groups is 3. The standard InChI is InChI=1S/C9H15NO5/c1-2-3-7(11)15-8(12)5-4-6(10)9(13)14/h6H,2-5,10H2,1H3,(H,13,14)/t6-/m0/s1. The lowest BCUT2D eigenvalue weighted by atomic mass is 10.2. The van der Waals surface area contributed by atoms with Crippen molar-refractivity contribution in [1.29, 1.82) is 0 Å². The van der Waals surface area contributed by atoms with E-state index in [1.807, 2.05) is 0 Å². The first-order chi connectivity index (χ1) is 6.97. The lowest BCUT2D eigenvalue weighted by molar-refractivity contribution is -0.159. The first kappa shape index (κ1) is 13.6. The van der Waals surface area contributed by atoms with Crippen LogP contribution in [0.4, 0.5) is 0 Å². The zero-order valence-electron chi connectivity index (χ0n) is 8.56. The Balaban J connectivity index is 3.75. The summed E-state index contributed by atoms with van der Waals surface area (Å²) in [6, 6.07) is -1.10. The van der Waals surface area contributed by atoms with Gasteiger partial charge >= 0.3 is 17.9 Å². The van der Waals surface area contributed by atoms with Crippen LogP contribution >= 0.6 is 0 Å². The van der Waals surface area contributed by atoms with Gasteiger partial charge < -0.3 is 15.6 Å². The minimum atomic E-state index is -1.18. The van der Waals surface area contributed by atoms with E-state index in [4.69, 9.17) is 10.8 Å². The monoisotopic (exact) mass is 217 g/mol. The first-order valence-electron chi connectivity index (χ1n) is 4.69. The first-order valence-corrected chi connectivity index (χ1v) is 4.69. The zero-order chi connectivity index (χ0) is 11.8. The molecule has 6 nitrogen and oxygen atoms in total. The average molecular weight is 217 g/mol. The van der Waals surface area contributed by atoms with Crippen LogP contribution in [0.5, 0.6) is 0 Å². The number of esters is 2. The molecule has 0 aliphatic carbocycles. The van der Waals surface area contributed by atoms with Crippen molar-refractivity contribution in [1.82, 2.24) is 0 Å². The van der Waals surface area contributed by atoms with Gasteiger partial charge in [0.05, 0.1) is 0 Å². The molecule has 0 unspecified atom stereocenters. The van der Waals surface area contributed by atoms with Crippen LogP contribution in [0.1, 0.15) is 32.6 Å². The van der Waals surface area contributed by atoms with E-state index < -0.39 is 23.9 Å². The van der Waals surface area contributed by atoms with Gasteiger partial charge in [-0.3, -0.25) is 14.4 Å². The SMILES string of the molecule is CCCC(=O)OC(=O)CC[C@H](N)C(=O)O. The molecule has 0 aromatic carbocycles. The summed E-state index contributed by atoms with van der Waals surface area (Å²) in [5.74, 6) is -2.50. The van der Waals surface area contributed by atoms with Crippen molar-refractivity contribution in [2.75, 3.05) is 0 Å². The van der Waals surface area contributed by atoms with Gasteiger partial charge in [0.1, 0.15) is 6.04 Å². The summed E-state index contributed by atoms with van der Waals surface area (Å²) in [6.45, 7) is 1.78. The van der Waals surface area contributed by atoms with Gasteiger partial charge in [-0.25, -0.2) is 0 Å². The summed E-state index contributed by atoms with van der Waals surface area (Å²) < 4.78 is 4.39. The van der Waals surface area contributed by atoms with E-state index in [1.165, 1.54) is 0 Å². The summed E-state index contributed by atoms with van der Waals surface area (Å²) in [7, 11) is 0. The second-order valence-electron chi connectivity index (χ2n) is 3.08. The molecule has 0 aromatic rings. The van der Waals surface area contributed by atoms with Crippen LogP contribution in [0.15, 0.2) is 0 Å². The molecule has 6 heteroatoms. The van der Waals surface area contributed by atoms with Crippen LogP contribution in [0.25, 0.3) is 0 Å². The van der Waals surface area contributed by atoms with Gasteiger partial charge in [0.15, 0.2) is 0 Å². The Hall–Kier alpha value is -1.43. The van der Waals surface area contributed by atoms with E-state index in [0.29, 0.717) is 6.42 Å². The highest BCUT2D eigenvalue weighted by Gasteiger charge is 2.15. The predicted octanol–water partition coefficient (Wildman–Crippen LogP) is 0.0484. The van der Waals surface area contributed by atoms with Gasteiger partial charge in [-0.15, -0.1) is 0 Å². The lowest BCUT2D eigenvalue weighted by Crippen LogP contribution is -2.30. The Bertz CT molecular complexity index is 251. The lowest BCUT2D eigenvalue weighted by Gasteiger charge is -2.05. The highest BCUT2D eigenvalue weighted by atomic mass is 16.6. The molecule has 0 rings (SSSR count). The highest BCUT2D eigenvalue weighted by Crippen LogP contribution is 1.99. The summed E-state index contributed by atoms with van der Waals surface area (Å²) >= 11 is 0. The number of carboxylic acid groups (broad SMARTS) is 1. The van der Waals surface area contributed by atoms with Gasteiger partial charge in [0.25, 0.3) is 0 Å². The fourth-order valence-electron chi connectivity index (χ4n) is 0.830. The molecule has 0 bridgehead atoms. The molecule has 0 aliphatic heterocycles. The number of rotatable bonds is 6. The number of carbonyl (C=O) groups excluding carboxylic acids is 2. The Morgan fingerprint density at radius 2 is 1.80 bits per heavy atom. The molecule has 0 fully saturated rings. The van der Waals surface area contributed by atoms with Gasteiger partial charge in [-0.2, -0.15) is 0 Å². The van der Waals surface area contributed by atoms with Crippen molar-refractivity contribution in [3.8, 4) is 0 Å². The average Bonchev–Trinajstić information content (AvgIpc) is 2.14. The van der Waals surface area contributed by atoms with E-state index in [2.05, 4.69) is 4.74 Å². The molecule has 0 saturated heterocycles. The molecule has 15 heavy (non-hydrogen) atoms. The second kappa shape index (κ2) is 6.94. The molecule has 0 spiro atoms. The molecule has 3 N–H and O–H groups in total. The van der Waals surface area contributed by atoms with Crippen LogP contribution in [-0.4, -0.2) is 29.1 Å². The van der Waals surface area contributed by atoms with Crippen molar-refractivity contribution >= 4 is 17.9 Å². The van der Waals surface area contributed by atoms with E-state index >= 15 is 0 Å². The van der Waals surface area contributed by atoms with Gasteiger partial charge in [0.2, 0.25) is 0 Å². The van der Waals surface area contributed by atoms with E-state index in [9.17, 15) is 14.4 Å². The minimum Gasteiger partial charge on any atom is -0.480 e. The maximum absolute atomic E-state index is 11.0. The van der Waals surface area contributed by atoms with Crippen molar-refractivity contribution < 1.29 is 24.2 Å². The van der Waals surface area contributed by atoms with Crippen molar-refractivity contribution in [3.05, 3.63) is 0 Å². The normalized spacial score (nSPS) is 11.9. The molecule has 0 heterocycles. The molecule has 0 radical (unpaired) electrons. The number of hydrogen-bond donors (Lipinski definition) is 2. The molecule has 86 valence electrons. The Morgan fingerprint density at radius 3 is 2.27 bits per heavy atom. The summed E-state index contributed by atoms with van der Waals surface area (Å²) in [4.78, 5) is 32.1. The van der Waals surface area contributed by atoms with Crippen LogP contribution in [0.3, 0.4) is 0 Å². The van der Waals surface area contributed by atoms with Crippen molar-refractivity contribution in [2.45, 2.75) is 38.6 Å². The minimum absolute atomic E-state index is 0.0342. The molecule has 0 aliphatic rings. The number of ether oxygens (including phenoxy) is 1. The topological polar surface area (TPSA) is 107 Å². The van der Waals surface area contributed by atoms with Crippen molar-refractivity contribution in [3.63, 3.8) is 0 Å². The molecular weight excluding hydrogens is 202 g/mol. The molecule has 1 atom stereocenters. The summed E-state index contributed by atoms with van der Waals surface area (Å²) in [6.07, 6.45) is 0.577. The largest absolute Gasteiger partial charge is 0.480 e. The third-order valence-corrected chi connectivity index (χ3v) is 1.66. The number of nitrogens with two attached hydrogens (primary N) is 1. The Kier molecular flexibility index (Phi) is 6.28. The number of hydrogen-bond acceptors (Lipinski definition) is 5. The molecule has 0 amide bonds. The predicted molar refractivity (Wildman–Crippen MR) is 50.9 cm³/mol. The van der Waals surface area contributed by atoms with Crippen molar-refractivity contribution in [2.24, 2.45) is 5.73 Å². The maximum atomic E-state index is 11.0. The summed E-state index contributed by atoms with van der Waals surface area (Å²) in [5.41, 5.74) is 5.16. The fourth-order valence-corrected chi connectivity index (χ4v) is 0.830. The van der Waals surface area contributed by atoms with Crippen LogP contribution < -0.4 is 5.73 Å². The van der Waals surface area contributed by atoms with Crippen LogP contribution in [0.2, 0.25) is 0 Å². The second-order valence-corrected chi connectivity index (χ2v) is 3.08. The highest BCUT2D eigenvalue weighted by molar-refractivity contribution is 5.85. The Morgan fingerprint density at radius 1 is 1.27 bits per heavy atom.